The monoisotopic (exact) mass is 1230 g/mol. The van der Waals surface area contributed by atoms with Crippen molar-refractivity contribution >= 4 is 23.9 Å². The van der Waals surface area contributed by atoms with Crippen LogP contribution in [0.1, 0.15) is 355 Å². The van der Waals surface area contributed by atoms with Crippen LogP contribution < -0.4 is 0 Å². The Labute approximate surface area is 533 Å². The zero-order chi connectivity index (χ0) is 63.1. The molecule has 1 aliphatic rings. The first-order valence-corrected chi connectivity index (χ1v) is 36.6. The number of rotatable bonds is 64. The SMILES string of the molecule is CCCCC/C=C\C/C=C\CCCCCCCCCCCC(=O)OCC(COC1OC(C(=O)O)C(O)C(O)C1OC(=O)CCCCCCCCCCCCCCCCCCCCC)OC(=O)CCCCCCCCCCC/C=C\C/C=C\CCCCC. The largest absolute Gasteiger partial charge is 0.479 e. The van der Waals surface area contributed by atoms with Crippen molar-refractivity contribution in [3.63, 3.8) is 0 Å². The van der Waals surface area contributed by atoms with Gasteiger partial charge in [-0.1, -0.05) is 301 Å². The van der Waals surface area contributed by atoms with Crippen LogP contribution in [0.25, 0.3) is 0 Å². The summed E-state index contributed by atoms with van der Waals surface area (Å²) in [4.78, 5) is 51.6. The third kappa shape index (κ3) is 52.1. The summed E-state index contributed by atoms with van der Waals surface area (Å²) in [6, 6.07) is 0. The molecule has 1 heterocycles. The molecule has 12 heteroatoms. The van der Waals surface area contributed by atoms with E-state index in [0.717, 1.165) is 89.9 Å². The molecule has 3 N–H and O–H groups in total. The number of hydrogen-bond acceptors (Lipinski definition) is 11. The van der Waals surface area contributed by atoms with Crippen LogP contribution >= 0.6 is 0 Å². The molecule has 6 atom stereocenters. The Hall–Kier alpha value is -3.32. The van der Waals surface area contributed by atoms with E-state index < -0.39 is 67.3 Å². The molecule has 0 saturated carbocycles. The number of aliphatic hydroxyl groups is 2. The van der Waals surface area contributed by atoms with Gasteiger partial charge in [0, 0.05) is 19.3 Å². The molecule has 1 aliphatic heterocycles. The molecule has 0 aliphatic carbocycles. The number of ether oxygens (including phenoxy) is 5. The summed E-state index contributed by atoms with van der Waals surface area (Å²) >= 11 is 0. The van der Waals surface area contributed by atoms with E-state index in [9.17, 15) is 34.5 Å². The number of unbranched alkanes of at least 4 members (excludes halogenated alkanes) is 42. The van der Waals surface area contributed by atoms with Gasteiger partial charge in [-0.05, 0) is 83.5 Å². The molecule has 0 radical (unpaired) electrons. The van der Waals surface area contributed by atoms with Crippen LogP contribution in [0.5, 0.6) is 0 Å². The Morgan fingerprint density at radius 3 is 1.06 bits per heavy atom. The van der Waals surface area contributed by atoms with Crippen LogP contribution in [-0.2, 0) is 42.9 Å². The minimum atomic E-state index is -1.90. The third-order valence-electron chi connectivity index (χ3n) is 16.9. The van der Waals surface area contributed by atoms with Crippen LogP contribution in [0, 0.1) is 0 Å². The minimum Gasteiger partial charge on any atom is -0.479 e. The number of carboxylic acids is 1. The minimum absolute atomic E-state index is 0.0651. The second-order valence-corrected chi connectivity index (χ2v) is 25.2. The van der Waals surface area contributed by atoms with Gasteiger partial charge in [0.15, 0.2) is 24.6 Å². The molecule has 0 bridgehead atoms. The number of esters is 3. The molecule has 0 aromatic rings. The maximum absolute atomic E-state index is 13.3. The number of aliphatic hydroxyl groups excluding tert-OH is 2. The fraction of sp³-hybridized carbons (Fsp3) is 0.840. The number of carboxylic acid groups (broad SMARTS) is 1. The molecular weight excluding hydrogens is 1090 g/mol. The number of carbonyl (C=O) groups excluding carboxylic acids is 3. The lowest BCUT2D eigenvalue weighted by Crippen LogP contribution is -2.61. The normalized spacial score (nSPS) is 17.6. The average Bonchev–Trinajstić information content (AvgIpc) is 2.56. The van der Waals surface area contributed by atoms with Crippen molar-refractivity contribution < 1.29 is 58.2 Å². The van der Waals surface area contributed by atoms with Gasteiger partial charge in [0.1, 0.15) is 18.8 Å². The highest BCUT2D eigenvalue weighted by atomic mass is 16.7. The maximum Gasteiger partial charge on any atom is 0.335 e. The quantitative estimate of drug-likeness (QED) is 0.0228. The van der Waals surface area contributed by atoms with Gasteiger partial charge in [-0.15, -0.1) is 0 Å². The van der Waals surface area contributed by atoms with Crippen molar-refractivity contribution in [1.29, 1.82) is 0 Å². The van der Waals surface area contributed by atoms with E-state index in [4.69, 9.17) is 23.7 Å². The number of hydrogen-bond donors (Lipinski definition) is 3. The van der Waals surface area contributed by atoms with E-state index in [2.05, 4.69) is 69.4 Å². The third-order valence-corrected chi connectivity index (χ3v) is 16.9. The molecule has 1 rings (SSSR count). The molecule has 0 aromatic carbocycles. The Bertz CT molecular complexity index is 1690. The summed E-state index contributed by atoms with van der Waals surface area (Å²) in [5.41, 5.74) is 0. The molecule has 12 nitrogen and oxygen atoms in total. The standard InChI is InChI=1S/C75H134O12/c1-4-7-10-13-16-19-22-25-28-31-34-37-40-43-46-49-52-55-58-61-67(76)83-64-66(85-68(77)62-59-56-53-50-47-44-41-38-35-32-29-26-23-20-17-14-11-8-5-2)65-84-75-73(71(80)70(79)72(87-75)74(81)82)86-69(78)63-60-57-54-51-48-45-42-39-36-33-30-27-24-21-18-15-12-9-6-3/h16-17,19-20,25-26,28-29,66,70-73,75,79-80H,4-15,18,21-24,27,30-65H2,1-3H3,(H,81,82)/b19-16-,20-17-,28-25-,29-26-. The topological polar surface area (TPSA) is 175 Å². The lowest BCUT2D eigenvalue weighted by atomic mass is 9.98. The molecule has 1 fully saturated rings. The molecule has 0 amide bonds. The smallest absolute Gasteiger partial charge is 0.335 e. The molecular formula is C75H134O12. The highest BCUT2D eigenvalue weighted by Gasteiger charge is 2.50. The first kappa shape index (κ1) is 81.7. The van der Waals surface area contributed by atoms with Gasteiger partial charge in [-0.25, -0.2) is 4.79 Å². The first-order valence-electron chi connectivity index (χ1n) is 36.6. The van der Waals surface area contributed by atoms with Crippen LogP contribution in [0.3, 0.4) is 0 Å². The van der Waals surface area contributed by atoms with Gasteiger partial charge >= 0.3 is 23.9 Å². The predicted molar refractivity (Wildman–Crippen MR) is 359 cm³/mol. The number of aliphatic carboxylic acids is 1. The van der Waals surface area contributed by atoms with Gasteiger partial charge in [-0.2, -0.15) is 0 Å². The van der Waals surface area contributed by atoms with Crippen molar-refractivity contribution in [2.24, 2.45) is 0 Å². The number of allylic oxidation sites excluding steroid dienone is 8. The van der Waals surface area contributed by atoms with Crippen molar-refractivity contribution in [2.45, 2.75) is 391 Å². The number of carbonyl (C=O) groups is 4. The van der Waals surface area contributed by atoms with E-state index in [-0.39, 0.29) is 25.9 Å². The highest BCUT2D eigenvalue weighted by Crippen LogP contribution is 2.27. The Morgan fingerprint density at radius 2 is 0.690 bits per heavy atom. The van der Waals surface area contributed by atoms with Crippen molar-refractivity contribution in [3.8, 4) is 0 Å². The maximum atomic E-state index is 13.3. The van der Waals surface area contributed by atoms with E-state index in [1.165, 1.54) is 205 Å². The summed E-state index contributed by atoms with van der Waals surface area (Å²) < 4.78 is 28.7. The average molecular weight is 1230 g/mol. The Kier molecular flexibility index (Phi) is 59.0. The van der Waals surface area contributed by atoms with Gasteiger partial charge in [0.05, 0.1) is 6.61 Å². The van der Waals surface area contributed by atoms with Gasteiger partial charge in [0.2, 0.25) is 0 Å². The van der Waals surface area contributed by atoms with Gasteiger partial charge in [0.25, 0.3) is 0 Å². The van der Waals surface area contributed by atoms with Crippen LogP contribution in [0.4, 0.5) is 0 Å². The van der Waals surface area contributed by atoms with Crippen LogP contribution in [-0.4, -0.2) is 89.2 Å². The lowest BCUT2D eigenvalue weighted by molar-refractivity contribution is -0.301. The lowest BCUT2D eigenvalue weighted by Gasteiger charge is -2.40. The Balaban J connectivity index is 2.61. The molecule has 1 saturated heterocycles. The summed E-state index contributed by atoms with van der Waals surface area (Å²) in [5.74, 6) is -3.09. The van der Waals surface area contributed by atoms with Crippen LogP contribution in [0.2, 0.25) is 0 Å². The second-order valence-electron chi connectivity index (χ2n) is 25.2. The van der Waals surface area contributed by atoms with E-state index in [0.29, 0.717) is 19.3 Å². The fourth-order valence-electron chi connectivity index (χ4n) is 11.3. The molecule has 0 aromatic heterocycles. The Morgan fingerprint density at radius 1 is 0.379 bits per heavy atom. The van der Waals surface area contributed by atoms with E-state index in [1.54, 1.807) is 0 Å². The highest BCUT2D eigenvalue weighted by molar-refractivity contribution is 5.74. The summed E-state index contributed by atoms with van der Waals surface area (Å²) in [6.07, 6.45) is 66.3. The van der Waals surface area contributed by atoms with Gasteiger partial charge < -0.3 is 39.0 Å². The molecule has 0 spiro atoms. The molecule has 6 unspecified atom stereocenters. The van der Waals surface area contributed by atoms with E-state index >= 15 is 0 Å². The van der Waals surface area contributed by atoms with Crippen molar-refractivity contribution in [2.75, 3.05) is 13.2 Å². The summed E-state index contributed by atoms with van der Waals surface area (Å²) in [5, 5.41) is 31.7. The zero-order valence-electron chi connectivity index (χ0n) is 56.3. The fourth-order valence-corrected chi connectivity index (χ4v) is 11.3. The van der Waals surface area contributed by atoms with Crippen molar-refractivity contribution in [1.82, 2.24) is 0 Å². The van der Waals surface area contributed by atoms with Crippen molar-refractivity contribution in [3.05, 3.63) is 48.6 Å². The summed E-state index contributed by atoms with van der Waals surface area (Å²) in [6.45, 7) is 6.02. The first-order chi connectivity index (χ1) is 42.6. The summed E-state index contributed by atoms with van der Waals surface area (Å²) in [7, 11) is 0. The van der Waals surface area contributed by atoms with Crippen LogP contribution in [0.15, 0.2) is 48.6 Å². The second kappa shape index (κ2) is 62.9. The zero-order valence-corrected chi connectivity index (χ0v) is 56.3. The van der Waals surface area contributed by atoms with Gasteiger partial charge in [-0.3, -0.25) is 14.4 Å². The predicted octanol–water partition coefficient (Wildman–Crippen LogP) is 20.5. The van der Waals surface area contributed by atoms with E-state index in [1.807, 2.05) is 0 Å². The molecule has 87 heavy (non-hydrogen) atoms. The molecule has 506 valence electrons.